The van der Waals surface area contributed by atoms with Crippen LogP contribution in [-0.4, -0.2) is 37.7 Å². The van der Waals surface area contributed by atoms with Crippen molar-refractivity contribution in [3.63, 3.8) is 0 Å². The maximum absolute atomic E-state index is 11.6. The van der Waals surface area contributed by atoms with Crippen LogP contribution in [0, 0.1) is 0 Å². The molecule has 3 nitrogen and oxygen atoms in total. The second-order valence-corrected chi connectivity index (χ2v) is 7.11. The Bertz CT molecular complexity index is 486. The highest BCUT2D eigenvalue weighted by atomic mass is 35.5. The van der Waals surface area contributed by atoms with Gasteiger partial charge in [0.25, 0.3) is 0 Å². The molecule has 0 aliphatic carbocycles. The maximum atomic E-state index is 11.6. The minimum absolute atomic E-state index is 0.218. The summed E-state index contributed by atoms with van der Waals surface area (Å²) in [6, 6.07) is 0. The van der Waals surface area contributed by atoms with Gasteiger partial charge < -0.3 is 9.22 Å². The third kappa shape index (κ3) is 4.97. The Balaban J connectivity index is 2.70. The molecule has 0 radical (unpaired) electrons. The molecule has 19 heavy (non-hydrogen) atoms. The van der Waals surface area contributed by atoms with Crippen LogP contribution in [0.25, 0.3) is 0 Å². The van der Waals surface area contributed by atoms with Crippen molar-refractivity contribution < 1.29 is 14.0 Å². The molecule has 1 rings (SSSR count). The highest BCUT2D eigenvalue weighted by molar-refractivity contribution is 7.17. The molecule has 1 heterocycles. The SMILES string of the molecule is C=CCOC(=O)C[N+](C)(C)Cc1sc(Cl)c(Cl)c1Cl. The van der Waals surface area contributed by atoms with Crippen LogP contribution in [0.15, 0.2) is 12.7 Å². The van der Waals surface area contributed by atoms with Crippen molar-refractivity contribution in [1.82, 2.24) is 0 Å². The molecule has 0 N–H and O–H groups in total. The third-order valence-electron chi connectivity index (χ3n) is 2.31. The fourth-order valence-electron chi connectivity index (χ4n) is 1.50. The van der Waals surface area contributed by atoms with Gasteiger partial charge in [-0.3, -0.25) is 0 Å². The van der Waals surface area contributed by atoms with E-state index in [2.05, 4.69) is 6.58 Å². The summed E-state index contributed by atoms with van der Waals surface area (Å²) in [7, 11) is 3.82. The summed E-state index contributed by atoms with van der Waals surface area (Å²) in [6.45, 7) is 4.50. The van der Waals surface area contributed by atoms with Gasteiger partial charge in [-0.15, -0.1) is 11.3 Å². The largest absolute Gasteiger partial charge is 0.457 e. The summed E-state index contributed by atoms with van der Waals surface area (Å²) in [5.74, 6) is -0.283. The Hall–Kier alpha value is -0.260. The van der Waals surface area contributed by atoms with Crippen LogP contribution in [-0.2, 0) is 16.1 Å². The van der Waals surface area contributed by atoms with E-state index in [4.69, 9.17) is 39.5 Å². The molecule has 0 unspecified atom stereocenters. The van der Waals surface area contributed by atoms with E-state index >= 15 is 0 Å². The first kappa shape index (κ1) is 16.8. The van der Waals surface area contributed by atoms with Crippen LogP contribution in [0.5, 0.6) is 0 Å². The van der Waals surface area contributed by atoms with Crippen LogP contribution in [0.2, 0.25) is 14.4 Å². The molecule has 0 aliphatic rings. The average molecular weight is 344 g/mol. The van der Waals surface area contributed by atoms with Gasteiger partial charge in [0.15, 0.2) is 6.54 Å². The molecule has 0 aliphatic heterocycles. The molecule has 0 spiro atoms. The maximum Gasteiger partial charge on any atom is 0.362 e. The van der Waals surface area contributed by atoms with E-state index in [0.29, 0.717) is 25.4 Å². The zero-order valence-corrected chi connectivity index (χ0v) is 13.8. The first-order valence-electron chi connectivity index (χ1n) is 5.47. The number of quaternary nitrogens is 1. The monoisotopic (exact) mass is 342 g/mol. The fourth-order valence-corrected chi connectivity index (χ4v) is 3.55. The smallest absolute Gasteiger partial charge is 0.362 e. The predicted octanol–water partition coefficient (Wildman–Crippen LogP) is 4.01. The first-order chi connectivity index (χ1) is 8.76. The third-order valence-corrected chi connectivity index (χ3v) is 4.91. The summed E-state index contributed by atoms with van der Waals surface area (Å²) in [5.41, 5.74) is 0. The van der Waals surface area contributed by atoms with E-state index in [1.807, 2.05) is 14.1 Å². The van der Waals surface area contributed by atoms with Crippen LogP contribution in [0.4, 0.5) is 0 Å². The number of carbonyl (C=O) groups is 1. The lowest BCUT2D eigenvalue weighted by Gasteiger charge is -2.28. The molecule has 7 heteroatoms. The summed E-state index contributed by atoms with van der Waals surface area (Å²) in [4.78, 5) is 12.5. The number of nitrogens with zero attached hydrogens (tertiary/aromatic N) is 1. The van der Waals surface area contributed by atoms with Gasteiger partial charge in [0.2, 0.25) is 0 Å². The molecule has 0 bridgehead atoms. The van der Waals surface area contributed by atoms with Crippen LogP contribution >= 0.6 is 46.1 Å². The number of esters is 1. The Morgan fingerprint density at radius 3 is 2.47 bits per heavy atom. The Labute approximate surface area is 131 Å². The zero-order valence-electron chi connectivity index (χ0n) is 10.7. The summed E-state index contributed by atoms with van der Waals surface area (Å²) in [5, 5.41) is 0.833. The van der Waals surface area contributed by atoms with Gasteiger partial charge in [-0.1, -0.05) is 47.5 Å². The van der Waals surface area contributed by atoms with E-state index in [0.717, 1.165) is 4.88 Å². The van der Waals surface area contributed by atoms with Crippen LogP contribution < -0.4 is 0 Å². The average Bonchev–Trinajstić information content (AvgIpc) is 2.53. The summed E-state index contributed by atoms with van der Waals surface area (Å²) >= 11 is 19.3. The van der Waals surface area contributed by atoms with Gasteiger partial charge in [0, 0.05) is 0 Å². The van der Waals surface area contributed by atoms with E-state index in [9.17, 15) is 4.79 Å². The van der Waals surface area contributed by atoms with E-state index in [-0.39, 0.29) is 19.1 Å². The Morgan fingerprint density at radius 2 is 2.00 bits per heavy atom. The molecule has 0 fully saturated rings. The Morgan fingerprint density at radius 1 is 1.37 bits per heavy atom. The predicted molar refractivity (Wildman–Crippen MR) is 81.2 cm³/mol. The number of halogens is 3. The zero-order chi connectivity index (χ0) is 14.6. The number of thiophene rings is 1. The standard InChI is InChI=1S/C12H15Cl3NO2S/c1-4-5-18-9(17)7-16(2,3)6-8-10(13)11(14)12(15)19-8/h4H,1,5-7H2,2-3H3/q+1. The lowest BCUT2D eigenvalue weighted by Crippen LogP contribution is -2.43. The Kier molecular flexibility index (Phi) is 6.15. The van der Waals surface area contributed by atoms with Crippen molar-refractivity contribution in [2.75, 3.05) is 27.2 Å². The van der Waals surface area contributed by atoms with Gasteiger partial charge in [0.05, 0.1) is 29.0 Å². The molecule has 0 saturated heterocycles. The number of ether oxygens (including phenoxy) is 1. The lowest BCUT2D eigenvalue weighted by molar-refractivity contribution is -0.896. The fraction of sp³-hybridized carbons (Fsp3) is 0.417. The quantitative estimate of drug-likeness (QED) is 0.443. The molecule has 0 aromatic carbocycles. The molecular weight excluding hydrogens is 329 g/mol. The minimum atomic E-state index is -0.283. The van der Waals surface area contributed by atoms with Crippen molar-refractivity contribution in [2.24, 2.45) is 0 Å². The second-order valence-electron chi connectivity index (χ2n) is 4.65. The number of carbonyl (C=O) groups excluding carboxylic acids is 1. The highest BCUT2D eigenvalue weighted by Gasteiger charge is 2.25. The topological polar surface area (TPSA) is 26.3 Å². The van der Waals surface area contributed by atoms with Gasteiger partial charge >= 0.3 is 5.97 Å². The lowest BCUT2D eigenvalue weighted by atomic mass is 10.3. The van der Waals surface area contributed by atoms with Gasteiger partial charge in [0.1, 0.15) is 17.5 Å². The van der Waals surface area contributed by atoms with Gasteiger partial charge in [-0.2, -0.15) is 0 Å². The first-order valence-corrected chi connectivity index (χ1v) is 7.42. The molecular formula is C12H15Cl3NO2S+. The van der Waals surface area contributed by atoms with E-state index in [1.54, 1.807) is 0 Å². The minimum Gasteiger partial charge on any atom is -0.457 e. The van der Waals surface area contributed by atoms with Crippen molar-refractivity contribution >= 4 is 52.1 Å². The molecule has 106 valence electrons. The van der Waals surface area contributed by atoms with Crippen LogP contribution in [0.1, 0.15) is 4.88 Å². The molecule has 1 aromatic heterocycles. The van der Waals surface area contributed by atoms with Gasteiger partial charge in [-0.25, -0.2) is 4.79 Å². The van der Waals surface area contributed by atoms with Crippen molar-refractivity contribution in [2.45, 2.75) is 6.54 Å². The summed E-state index contributed by atoms with van der Waals surface area (Å²) < 4.78 is 5.84. The molecule has 0 saturated carbocycles. The van der Waals surface area contributed by atoms with E-state index in [1.165, 1.54) is 17.4 Å². The number of hydrogen-bond donors (Lipinski definition) is 0. The summed E-state index contributed by atoms with van der Waals surface area (Å²) in [6.07, 6.45) is 1.54. The second kappa shape index (κ2) is 6.95. The molecule has 0 amide bonds. The van der Waals surface area contributed by atoms with Gasteiger partial charge in [-0.05, 0) is 0 Å². The number of likely N-dealkylation sites (N-methyl/N-ethyl adjacent to an activating group) is 1. The van der Waals surface area contributed by atoms with Crippen LogP contribution in [0.3, 0.4) is 0 Å². The van der Waals surface area contributed by atoms with E-state index < -0.39 is 0 Å². The number of rotatable bonds is 6. The van der Waals surface area contributed by atoms with Crippen molar-refractivity contribution in [3.8, 4) is 0 Å². The molecule has 0 atom stereocenters. The normalized spacial score (nSPS) is 11.4. The molecule has 1 aromatic rings. The highest BCUT2D eigenvalue weighted by Crippen LogP contribution is 2.41. The van der Waals surface area contributed by atoms with Crippen molar-refractivity contribution in [1.29, 1.82) is 0 Å². The van der Waals surface area contributed by atoms with Crippen molar-refractivity contribution in [3.05, 3.63) is 31.9 Å². The number of hydrogen-bond acceptors (Lipinski definition) is 3.